The molecule has 2 aromatic rings. The van der Waals surface area contributed by atoms with Crippen molar-refractivity contribution in [3.63, 3.8) is 0 Å². The molecule has 22 heavy (non-hydrogen) atoms. The molecule has 0 fully saturated rings. The Hall–Kier alpha value is -1.53. The molecule has 0 bridgehead atoms. The summed E-state index contributed by atoms with van der Waals surface area (Å²) in [5, 5.41) is 7.84. The van der Waals surface area contributed by atoms with Gasteiger partial charge in [-0.05, 0) is 53.0 Å². The number of benzene rings is 1. The summed E-state index contributed by atoms with van der Waals surface area (Å²) in [5.74, 6) is 0.834. The van der Waals surface area contributed by atoms with Gasteiger partial charge in [-0.15, -0.1) is 0 Å². The first-order chi connectivity index (χ1) is 10.5. The van der Waals surface area contributed by atoms with Gasteiger partial charge in [0.05, 0.1) is 18.5 Å². The number of nitrogens with one attached hydrogen (secondary N) is 1. The van der Waals surface area contributed by atoms with Gasteiger partial charge in [-0.25, -0.2) is 4.68 Å². The smallest absolute Gasteiger partial charge is 0.282 e. The van der Waals surface area contributed by atoms with Crippen LogP contribution in [0.2, 0.25) is 5.02 Å². The maximum absolute atomic E-state index is 11.7. The Morgan fingerprint density at radius 2 is 2.23 bits per heavy atom. The molecule has 0 amide bonds. The molecule has 0 aliphatic heterocycles. The van der Waals surface area contributed by atoms with Crippen LogP contribution in [0.1, 0.15) is 12.0 Å². The lowest BCUT2D eigenvalue weighted by atomic mass is 10.2. The highest BCUT2D eigenvalue weighted by atomic mass is 79.9. The van der Waals surface area contributed by atoms with Crippen molar-refractivity contribution < 1.29 is 4.74 Å². The Morgan fingerprint density at radius 3 is 2.95 bits per heavy atom. The second-order valence-corrected chi connectivity index (χ2v) is 6.07. The van der Waals surface area contributed by atoms with Crippen LogP contribution in [0, 0.1) is 6.92 Å². The van der Waals surface area contributed by atoms with Gasteiger partial charge in [0.15, 0.2) is 0 Å². The van der Waals surface area contributed by atoms with Crippen molar-refractivity contribution in [1.29, 1.82) is 0 Å². The van der Waals surface area contributed by atoms with E-state index in [0.717, 1.165) is 17.7 Å². The maximum Gasteiger partial charge on any atom is 0.282 e. The van der Waals surface area contributed by atoms with Crippen molar-refractivity contribution in [2.24, 2.45) is 7.05 Å². The summed E-state index contributed by atoms with van der Waals surface area (Å²) in [6.45, 7) is 3.22. The summed E-state index contributed by atoms with van der Waals surface area (Å²) in [7, 11) is 1.61. The second kappa shape index (κ2) is 7.65. The molecule has 118 valence electrons. The first kappa shape index (κ1) is 16.8. The van der Waals surface area contributed by atoms with E-state index in [0.29, 0.717) is 28.3 Å². The van der Waals surface area contributed by atoms with Gasteiger partial charge in [-0.3, -0.25) is 4.79 Å². The van der Waals surface area contributed by atoms with Crippen LogP contribution in [0.4, 0.5) is 5.69 Å². The Balaban J connectivity index is 1.80. The van der Waals surface area contributed by atoms with Crippen LogP contribution in [0.15, 0.2) is 33.7 Å². The Labute approximate surface area is 142 Å². The fourth-order valence-electron chi connectivity index (χ4n) is 1.89. The van der Waals surface area contributed by atoms with Gasteiger partial charge in [-0.1, -0.05) is 11.6 Å². The Bertz CT molecular complexity index is 718. The second-order valence-electron chi connectivity index (χ2n) is 4.84. The van der Waals surface area contributed by atoms with Gasteiger partial charge in [0.25, 0.3) is 5.56 Å². The Kier molecular flexibility index (Phi) is 5.85. The molecule has 0 unspecified atom stereocenters. The first-order valence-corrected chi connectivity index (χ1v) is 8.01. The molecule has 0 saturated carbocycles. The topological polar surface area (TPSA) is 56.1 Å². The van der Waals surface area contributed by atoms with E-state index in [1.807, 2.05) is 25.1 Å². The lowest BCUT2D eigenvalue weighted by Gasteiger charge is -2.11. The molecule has 0 radical (unpaired) electrons. The third-order valence-corrected chi connectivity index (χ3v) is 4.11. The summed E-state index contributed by atoms with van der Waals surface area (Å²) >= 11 is 9.18. The number of aromatic nitrogens is 2. The largest absolute Gasteiger partial charge is 0.493 e. The predicted molar refractivity (Wildman–Crippen MR) is 92.0 cm³/mol. The number of nitrogens with zero attached hydrogens (tertiary/aromatic N) is 2. The van der Waals surface area contributed by atoms with Crippen molar-refractivity contribution in [2.45, 2.75) is 13.3 Å². The summed E-state index contributed by atoms with van der Waals surface area (Å²) in [6.07, 6.45) is 2.42. The molecule has 2 rings (SSSR count). The van der Waals surface area contributed by atoms with Gasteiger partial charge < -0.3 is 10.1 Å². The highest BCUT2D eigenvalue weighted by Gasteiger charge is 2.06. The van der Waals surface area contributed by atoms with Crippen molar-refractivity contribution in [3.8, 4) is 5.75 Å². The van der Waals surface area contributed by atoms with E-state index >= 15 is 0 Å². The van der Waals surface area contributed by atoms with Gasteiger partial charge >= 0.3 is 0 Å². The minimum absolute atomic E-state index is 0.168. The number of aryl methyl sites for hydroxylation is 2. The fraction of sp³-hybridized carbons (Fsp3) is 0.333. The van der Waals surface area contributed by atoms with E-state index in [1.165, 1.54) is 4.68 Å². The van der Waals surface area contributed by atoms with Crippen LogP contribution < -0.4 is 15.6 Å². The summed E-state index contributed by atoms with van der Waals surface area (Å²) < 4.78 is 7.48. The zero-order valence-electron chi connectivity index (χ0n) is 12.4. The van der Waals surface area contributed by atoms with E-state index < -0.39 is 0 Å². The molecular formula is C15H17BrClN3O2. The third-order valence-electron chi connectivity index (χ3n) is 3.11. The molecule has 0 saturated heterocycles. The summed E-state index contributed by atoms with van der Waals surface area (Å²) in [5.41, 5.74) is 1.53. The molecular weight excluding hydrogens is 370 g/mol. The van der Waals surface area contributed by atoms with Crippen molar-refractivity contribution in [2.75, 3.05) is 18.5 Å². The molecule has 1 N–H and O–H groups in total. The zero-order chi connectivity index (χ0) is 16.1. The highest BCUT2D eigenvalue weighted by molar-refractivity contribution is 9.10. The van der Waals surface area contributed by atoms with E-state index in [4.69, 9.17) is 16.3 Å². The van der Waals surface area contributed by atoms with E-state index in [1.54, 1.807) is 13.2 Å². The number of halogens is 2. The molecule has 0 aliphatic carbocycles. The van der Waals surface area contributed by atoms with Crippen LogP contribution >= 0.6 is 27.5 Å². The van der Waals surface area contributed by atoms with E-state index in [9.17, 15) is 4.79 Å². The maximum atomic E-state index is 11.7. The normalized spacial score (nSPS) is 10.5. The molecule has 1 aromatic carbocycles. The van der Waals surface area contributed by atoms with Crippen LogP contribution in [0.25, 0.3) is 0 Å². The van der Waals surface area contributed by atoms with Gasteiger partial charge in [-0.2, -0.15) is 5.10 Å². The monoisotopic (exact) mass is 385 g/mol. The molecule has 0 spiro atoms. The molecule has 0 aliphatic rings. The minimum atomic E-state index is -0.168. The first-order valence-electron chi connectivity index (χ1n) is 6.83. The van der Waals surface area contributed by atoms with E-state index in [-0.39, 0.29) is 5.56 Å². The minimum Gasteiger partial charge on any atom is -0.493 e. The molecule has 5 nitrogen and oxygen atoms in total. The quantitative estimate of drug-likeness (QED) is 0.773. The predicted octanol–water partition coefficient (Wildman–Crippen LogP) is 3.39. The Morgan fingerprint density at radius 1 is 1.45 bits per heavy atom. The fourth-order valence-corrected chi connectivity index (χ4v) is 2.61. The van der Waals surface area contributed by atoms with Gasteiger partial charge in [0.2, 0.25) is 0 Å². The average Bonchev–Trinajstić information content (AvgIpc) is 2.48. The van der Waals surface area contributed by atoms with E-state index in [2.05, 4.69) is 26.3 Å². The number of anilines is 1. The third kappa shape index (κ3) is 4.24. The van der Waals surface area contributed by atoms with Crippen LogP contribution in [-0.2, 0) is 7.05 Å². The number of ether oxygens (including phenoxy) is 1. The zero-order valence-corrected chi connectivity index (χ0v) is 14.7. The summed E-state index contributed by atoms with van der Waals surface area (Å²) in [4.78, 5) is 11.7. The number of rotatable bonds is 6. The van der Waals surface area contributed by atoms with Crippen LogP contribution in [0.3, 0.4) is 0 Å². The lowest BCUT2D eigenvalue weighted by molar-refractivity contribution is 0.313. The summed E-state index contributed by atoms with van der Waals surface area (Å²) in [6, 6.07) is 5.55. The lowest BCUT2D eigenvalue weighted by Crippen LogP contribution is -2.21. The van der Waals surface area contributed by atoms with Crippen LogP contribution in [-0.4, -0.2) is 22.9 Å². The van der Waals surface area contributed by atoms with Gasteiger partial charge in [0, 0.05) is 18.6 Å². The van der Waals surface area contributed by atoms with Gasteiger partial charge in [0.1, 0.15) is 10.2 Å². The van der Waals surface area contributed by atoms with Crippen molar-refractivity contribution >= 4 is 33.2 Å². The molecule has 1 aromatic heterocycles. The highest BCUT2D eigenvalue weighted by Crippen LogP contribution is 2.22. The molecule has 7 heteroatoms. The number of hydrogen-bond acceptors (Lipinski definition) is 4. The molecule has 1 heterocycles. The number of hydrogen-bond donors (Lipinski definition) is 1. The standard InChI is InChI=1S/C15H17BrClN3O2/c1-10-8-11(17)4-5-13(10)22-7-3-6-18-12-9-19-20(2)15(21)14(12)16/h4-5,8-9,18H,3,6-7H2,1-2H3. The van der Waals surface area contributed by atoms with Crippen molar-refractivity contribution in [1.82, 2.24) is 9.78 Å². The SMILES string of the molecule is Cc1cc(Cl)ccc1OCCCNc1cnn(C)c(=O)c1Br. The average molecular weight is 387 g/mol. The van der Waals surface area contributed by atoms with Crippen molar-refractivity contribution in [3.05, 3.63) is 49.8 Å². The molecule has 0 atom stereocenters. The van der Waals surface area contributed by atoms with Crippen LogP contribution in [0.5, 0.6) is 5.75 Å².